The van der Waals surface area contributed by atoms with Gasteiger partial charge >= 0.3 is 0 Å². The Hall–Kier alpha value is -1.80. The van der Waals surface area contributed by atoms with E-state index in [0.717, 1.165) is 13.0 Å². The van der Waals surface area contributed by atoms with Crippen molar-refractivity contribution < 1.29 is 4.74 Å². The predicted molar refractivity (Wildman–Crippen MR) is 85.4 cm³/mol. The number of aryl methyl sites for hydroxylation is 1. The summed E-state index contributed by atoms with van der Waals surface area (Å²) in [6.45, 7) is 3.08. The molecule has 2 heterocycles. The van der Waals surface area contributed by atoms with Crippen molar-refractivity contribution in [1.29, 1.82) is 0 Å². The predicted octanol–water partition coefficient (Wildman–Crippen LogP) is 4.63. The van der Waals surface area contributed by atoms with E-state index >= 15 is 0 Å². The lowest BCUT2D eigenvalue weighted by Gasteiger charge is -2.44. The molecule has 2 aliphatic heterocycles. The van der Waals surface area contributed by atoms with E-state index < -0.39 is 0 Å². The molecule has 2 nitrogen and oxygen atoms in total. The average Bonchev–Trinajstić information content (AvgIpc) is 2.55. The molecule has 108 valence electrons. The molecule has 21 heavy (non-hydrogen) atoms. The number of nitrogens with one attached hydrogen (secondary N) is 1. The minimum absolute atomic E-state index is 0.237. The van der Waals surface area contributed by atoms with Crippen LogP contribution in [0.2, 0.25) is 0 Å². The molecule has 1 N–H and O–H groups in total. The highest BCUT2D eigenvalue weighted by molar-refractivity contribution is 5.59. The highest BCUT2D eigenvalue weighted by atomic mass is 16.5. The van der Waals surface area contributed by atoms with Crippen LogP contribution in [0.15, 0.2) is 48.5 Å². The summed E-state index contributed by atoms with van der Waals surface area (Å²) in [7, 11) is 0. The van der Waals surface area contributed by atoms with Gasteiger partial charge in [-0.1, -0.05) is 42.5 Å². The van der Waals surface area contributed by atoms with Crippen LogP contribution in [0.1, 0.15) is 41.7 Å². The molecule has 0 amide bonds. The first-order valence-electron chi connectivity index (χ1n) is 7.87. The van der Waals surface area contributed by atoms with Gasteiger partial charge in [0, 0.05) is 23.8 Å². The summed E-state index contributed by atoms with van der Waals surface area (Å²) in [5.74, 6) is 0.523. The van der Waals surface area contributed by atoms with Gasteiger partial charge in [-0.2, -0.15) is 0 Å². The van der Waals surface area contributed by atoms with E-state index in [-0.39, 0.29) is 6.10 Å². The summed E-state index contributed by atoms with van der Waals surface area (Å²) in [6.07, 6.45) is 2.62. The summed E-state index contributed by atoms with van der Waals surface area (Å²) in [5, 5.41) is 3.77. The molecule has 1 saturated heterocycles. The van der Waals surface area contributed by atoms with Crippen molar-refractivity contribution in [3.63, 3.8) is 0 Å². The van der Waals surface area contributed by atoms with Gasteiger partial charge in [-0.05, 0) is 37.0 Å². The molecule has 2 aromatic carbocycles. The number of fused-ring (bicyclic) bond motifs is 3. The van der Waals surface area contributed by atoms with Crippen molar-refractivity contribution >= 4 is 5.69 Å². The zero-order valence-electron chi connectivity index (χ0n) is 12.4. The highest BCUT2D eigenvalue weighted by Crippen LogP contribution is 2.49. The van der Waals surface area contributed by atoms with E-state index in [1.54, 1.807) is 0 Å². The Morgan fingerprint density at radius 1 is 1.05 bits per heavy atom. The van der Waals surface area contributed by atoms with E-state index in [1.165, 1.54) is 28.8 Å². The summed E-state index contributed by atoms with van der Waals surface area (Å²) in [6, 6.07) is 17.7. The Labute approximate surface area is 126 Å². The number of hydrogen-bond acceptors (Lipinski definition) is 2. The summed E-state index contributed by atoms with van der Waals surface area (Å²) in [5.41, 5.74) is 5.31. The fraction of sp³-hybridized carbons (Fsp3) is 0.368. The smallest absolute Gasteiger partial charge is 0.0898 e. The number of anilines is 1. The molecule has 2 aliphatic rings. The second-order valence-electron chi connectivity index (χ2n) is 6.17. The van der Waals surface area contributed by atoms with Crippen LogP contribution in [-0.2, 0) is 4.74 Å². The molecule has 0 bridgehead atoms. The SMILES string of the molecule is Cc1cccc2c1[C@H]1OCCC[C@H]1[C@H](c1ccccc1)N2. The van der Waals surface area contributed by atoms with E-state index in [2.05, 4.69) is 60.8 Å². The largest absolute Gasteiger partial charge is 0.378 e. The molecule has 4 rings (SSSR count). The average molecular weight is 279 g/mol. The fourth-order valence-corrected chi connectivity index (χ4v) is 3.89. The second kappa shape index (κ2) is 5.19. The van der Waals surface area contributed by atoms with Gasteiger partial charge in [0.15, 0.2) is 0 Å². The lowest BCUT2D eigenvalue weighted by molar-refractivity contribution is -0.0384. The van der Waals surface area contributed by atoms with Crippen LogP contribution < -0.4 is 5.32 Å². The molecular weight excluding hydrogens is 258 g/mol. The molecule has 3 atom stereocenters. The Bertz CT molecular complexity index is 637. The fourth-order valence-electron chi connectivity index (χ4n) is 3.89. The van der Waals surface area contributed by atoms with Gasteiger partial charge in [0.1, 0.15) is 0 Å². The number of benzene rings is 2. The topological polar surface area (TPSA) is 21.3 Å². The van der Waals surface area contributed by atoms with E-state index in [4.69, 9.17) is 4.74 Å². The molecule has 1 fully saturated rings. The summed E-state index contributed by atoms with van der Waals surface area (Å²) < 4.78 is 6.20. The standard InChI is InChI=1S/C19H21NO/c1-13-7-5-11-16-17(13)19-15(10-6-12-21-19)18(20-16)14-8-3-2-4-9-14/h2-5,7-9,11,15,18-20H,6,10,12H2,1H3/t15-,18-,19-/m0/s1. The van der Waals surface area contributed by atoms with Crippen molar-refractivity contribution in [1.82, 2.24) is 0 Å². The van der Waals surface area contributed by atoms with Crippen LogP contribution >= 0.6 is 0 Å². The van der Waals surface area contributed by atoms with Crippen LogP contribution in [0.25, 0.3) is 0 Å². The summed E-state index contributed by atoms with van der Waals surface area (Å²) >= 11 is 0. The molecule has 0 saturated carbocycles. The van der Waals surface area contributed by atoms with Crippen LogP contribution in [-0.4, -0.2) is 6.61 Å². The maximum absolute atomic E-state index is 6.20. The van der Waals surface area contributed by atoms with Gasteiger partial charge in [-0.3, -0.25) is 0 Å². The van der Waals surface area contributed by atoms with E-state index in [0.29, 0.717) is 12.0 Å². The Balaban J connectivity index is 1.81. The molecule has 0 spiro atoms. The Morgan fingerprint density at radius 2 is 1.90 bits per heavy atom. The maximum Gasteiger partial charge on any atom is 0.0898 e. The second-order valence-corrected chi connectivity index (χ2v) is 6.17. The van der Waals surface area contributed by atoms with Gasteiger partial charge in [0.25, 0.3) is 0 Å². The third-order valence-corrected chi connectivity index (χ3v) is 4.87. The van der Waals surface area contributed by atoms with Gasteiger partial charge in [0.2, 0.25) is 0 Å². The Kier molecular flexibility index (Phi) is 3.19. The minimum atomic E-state index is 0.237. The Morgan fingerprint density at radius 3 is 2.76 bits per heavy atom. The van der Waals surface area contributed by atoms with Gasteiger partial charge in [-0.25, -0.2) is 0 Å². The molecule has 0 aliphatic carbocycles. The molecule has 2 aromatic rings. The number of hydrogen-bond donors (Lipinski definition) is 1. The van der Waals surface area contributed by atoms with Crippen molar-refractivity contribution in [2.24, 2.45) is 5.92 Å². The first-order valence-corrected chi connectivity index (χ1v) is 7.87. The van der Waals surface area contributed by atoms with Gasteiger partial charge in [0.05, 0.1) is 12.1 Å². The minimum Gasteiger partial charge on any atom is -0.378 e. The molecule has 0 unspecified atom stereocenters. The molecule has 2 heteroatoms. The third kappa shape index (κ3) is 2.14. The van der Waals surface area contributed by atoms with E-state index in [1.807, 2.05) is 0 Å². The molecular formula is C19H21NO. The number of rotatable bonds is 1. The third-order valence-electron chi connectivity index (χ3n) is 4.87. The highest BCUT2D eigenvalue weighted by Gasteiger charge is 2.40. The zero-order chi connectivity index (χ0) is 14.2. The first kappa shape index (κ1) is 12.9. The lowest BCUT2D eigenvalue weighted by atomic mass is 9.76. The quantitative estimate of drug-likeness (QED) is 0.821. The number of ether oxygens (including phenoxy) is 1. The van der Waals surface area contributed by atoms with Gasteiger partial charge in [-0.15, -0.1) is 0 Å². The molecule has 0 radical (unpaired) electrons. The van der Waals surface area contributed by atoms with Crippen molar-refractivity contribution in [3.05, 3.63) is 65.2 Å². The zero-order valence-corrected chi connectivity index (χ0v) is 12.4. The van der Waals surface area contributed by atoms with E-state index in [9.17, 15) is 0 Å². The van der Waals surface area contributed by atoms with Crippen LogP contribution in [0.5, 0.6) is 0 Å². The maximum atomic E-state index is 6.20. The lowest BCUT2D eigenvalue weighted by Crippen LogP contribution is -2.36. The van der Waals surface area contributed by atoms with Crippen molar-refractivity contribution in [2.75, 3.05) is 11.9 Å². The van der Waals surface area contributed by atoms with Crippen LogP contribution in [0.4, 0.5) is 5.69 Å². The molecule has 0 aromatic heterocycles. The first-order chi connectivity index (χ1) is 10.3. The normalized spacial score (nSPS) is 27.4. The monoisotopic (exact) mass is 279 g/mol. The van der Waals surface area contributed by atoms with Crippen LogP contribution in [0.3, 0.4) is 0 Å². The van der Waals surface area contributed by atoms with Crippen molar-refractivity contribution in [2.45, 2.75) is 31.9 Å². The van der Waals surface area contributed by atoms with Crippen molar-refractivity contribution in [3.8, 4) is 0 Å². The van der Waals surface area contributed by atoms with Gasteiger partial charge < -0.3 is 10.1 Å². The van der Waals surface area contributed by atoms with Crippen LogP contribution in [0, 0.1) is 12.8 Å². The summed E-state index contributed by atoms with van der Waals surface area (Å²) in [4.78, 5) is 0.